The topological polar surface area (TPSA) is 141 Å². The summed E-state index contributed by atoms with van der Waals surface area (Å²) in [4.78, 5) is 33.1. The van der Waals surface area contributed by atoms with Crippen LogP contribution >= 0.6 is 0 Å². The third-order valence-corrected chi connectivity index (χ3v) is 6.67. The van der Waals surface area contributed by atoms with Crippen LogP contribution in [-0.4, -0.2) is 87.6 Å². The maximum absolute atomic E-state index is 13.4. The number of H-pyrrole nitrogens is 1. The van der Waals surface area contributed by atoms with E-state index in [-0.39, 0.29) is 18.3 Å². The predicted molar refractivity (Wildman–Crippen MR) is 128 cm³/mol. The van der Waals surface area contributed by atoms with Crippen molar-refractivity contribution in [3.63, 3.8) is 0 Å². The van der Waals surface area contributed by atoms with Crippen molar-refractivity contribution in [1.29, 1.82) is 0 Å². The Bertz CT molecular complexity index is 1470. The Labute approximate surface area is 210 Å². The molecule has 2 aliphatic rings. The van der Waals surface area contributed by atoms with E-state index >= 15 is 0 Å². The van der Waals surface area contributed by atoms with Crippen LogP contribution in [0, 0.1) is 0 Å². The molecule has 0 unspecified atom stereocenters. The van der Waals surface area contributed by atoms with E-state index in [0.717, 1.165) is 5.39 Å². The number of aromatic nitrogens is 5. The highest BCUT2D eigenvalue weighted by atomic mass is 16.7. The molecule has 192 valence electrons. The molecular weight excluding hydrogens is 482 g/mol. The summed E-state index contributed by atoms with van der Waals surface area (Å²) in [6, 6.07) is 8.25. The summed E-state index contributed by atoms with van der Waals surface area (Å²) in [5, 5.41) is 13.1. The number of rotatable bonds is 7. The molecule has 1 saturated heterocycles. The Morgan fingerprint density at radius 3 is 2.73 bits per heavy atom. The van der Waals surface area contributed by atoms with Crippen molar-refractivity contribution < 1.29 is 23.4 Å². The molecule has 5 heterocycles. The lowest BCUT2D eigenvalue weighted by molar-refractivity contribution is 0.0557. The van der Waals surface area contributed by atoms with Gasteiger partial charge in [-0.05, 0) is 34.7 Å². The van der Waals surface area contributed by atoms with Crippen LogP contribution in [0.25, 0.3) is 10.9 Å². The second-order valence-corrected chi connectivity index (χ2v) is 8.81. The van der Waals surface area contributed by atoms with Gasteiger partial charge in [-0.25, -0.2) is 4.68 Å². The van der Waals surface area contributed by atoms with Gasteiger partial charge in [-0.1, -0.05) is 0 Å². The zero-order chi connectivity index (χ0) is 25.4. The zero-order valence-corrected chi connectivity index (χ0v) is 20.1. The summed E-state index contributed by atoms with van der Waals surface area (Å²) in [5.41, 5.74) is 0.877. The van der Waals surface area contributed by atoms with Crippen molar-refractivity contribution in [2.45, 2.75) is 12.6 Å². The first kappa shape index (κ1) is 23.2. The molecule has 0 bridgehead atoms. The van der Waals surface area contributed by atoms with Crippen LogP contribution in [0.3, 0.4) is 0 Å². The monoisotopic (exact) mass is 507 g/mol. The number of hydrogen-bond acceptors (Lipinski definition) is 10. The lowest BCUT2D eigenvalue weighted by atomic mass is 10.0. The largest absolute Gasteiger partial charge is 0.459 e. The number of aromatic amines is 1. The lowest BCUT2D eigenvalue weighted by Gasteiger charge is -2.38. The number of hydrogen-bond donors (Lipinski definition) is 1. The molecule has 2 aliphatic heterocycles. The van der Waals surface area contributed by atoms with Gasteiger partial charge >= 0.3 is 0 Å². The molecule has 0 saturated carbocycles. The first-order valence-corrected chi connectivity index (χ1v) is 11.9. The average Bonchev–Trinajstić information content (AvgIpc) is 3.69. The van der Waals surface area contributed by atoms with Crippen LogP contribution < -0.4 is 15.0 Å². The number of carbonyl (C=O) groups excluding carboxylic acids is 1. The zero-order valence-electron chi connectivity index (χ0n) is 20.1. The van der Waals surface area contributed by atoms with Gasteiger partial charge in [0.05, 0.1) is 24.9 Å². The van der Waals surface area contributed by atoms with Gasteiger partial charge in [-0.2, -0.15) is 0 Å². The van der Waals surface area contributed by atoms with Gasteiger partial charge in [0.2, 0.25) is 6.79 Å². The summed E-state index contributed by atoms with van der Waals surface area (Å²) in [7, 11) is 1.61. The van der Waals surface area contributed by atoms with Crippen LogP contribution in [0.5, 0.6) is 11.5 Å². The van der Waals surface area contributed by atoms with Gasteiger partial charge in [0, 0.05) is 50.3 Å². The number of methoxy groups -OCH3 is 1. The predicted octanol–water partition coefficient (Wildman–Crippen LogP) is 1.03. The summed E-state index contributed by atoms with van der Waals surface area (Å²) >= 11 is 0. The van der Waals surface area contributed by atoms with E-state index in [0.29, 0.717) is 73.5 Å². The molecule has 0 spiro atoms. The summed E-state index contributed by atoms with van der Waals surface area (Å²) in [5.74, 6) is 1.88. The van der Waals surface area contributed by atoms with E-state index in [1.807, 2.05) is 12.1 Å². The van der Waals surface area contributed by atoms with Crippen LogP contribution in [0.1, 0.15) is 28.0 Å². The van der Waals surface area contributed by atoms with Gasteiger partial charge in [0.25, 0.3) is 11.5 Å². The molecule has 3 aromatic heterocycles. The molecule has 1 aromatic carbocycles. The average molecular weight is 508 g/mol. The number of tetrazole rings is 1. The number of fused-ring (bicyclic) bond motifs is 2. The number of carbonyl (C=O) groups is 1. The Morgan fingerprint density at radius 1 is 1.16 bits per heavy atom. The van der Waals surface area contributed by atoms with Crippen molar-refractivity contribution >= 4 is 16.8 Å². The standard InChI is InChI=1S/C24H25N7O6/c1-34-10-8-31-22(26-27-28-31)21(29-4-6-30(7-5-29)24(33)18-3-2-9-35-18)16-11-15-12-19-20(37-14-36-19)13-17(15)25-23(16)32/h2-3,9,11-13,21H,4-8,10,14H2,1H3,(H,25,32)/t21-/m0/s1. The van der Waals surface area contributed by atoms with Crippen molar-refractivity contribution in [3.05, 3.63) is 64.1 Å². The molecule has 6 rings (SSSR count). The van der Waals surface area contributed by atoms with Crippen molar-refractivity contribution in [1.82, 2.24) is 35.0 Å². The van der Waals surface area contributed by atoms with E-state index in [2.05, 4.69) is 25.4 Å². The van der Waals surface area contributed by atoms with Crippen LogP contribution in [0.2, 0.25) is 0 Å². The minimum Gasteiger partial charge on any atom is -0.459 e. The number of ether oxygens (including phenoxy) is 3. The molecule has 4 aromatic rings. The Kier molecular flexibility index (Phi) is 6.06. The highest BCUT2D eigenvalue weighted by Gasteiger charge is 2.34. The number of piperazine rings is 1. The quantitative estimate of drug-likeness (QED) is 0.386. The smallest absolute Gasteiger partial charge is 0.289 e. The van der Waals surface area contributed by atoms with E-state index in [1.165, 1.54) is 6.26 Å². The first-order valence-electron chi connectivity index (χ1n) is 11.9. The van der Waals surface area contributed by atoms with E-state index in [1.54, 1.807) is 34.9 Å². The van der Waals surface area contributed by atoms with Crippen molar-refractivity contribution in [3.8, 4) is 11.5 Å². The maximum Gasteiger partial charge on any atom is 0.289 e. The van der Waals surface area contributed by atoms with Gasteiger partial charge in [0.15, 0.2) is 23.1 Å². The maximum atomic E-state index is 13.4. The fourth-order valence-electron chi connectivity index (χ4n) is 4.80. The second-order valence-electron chi connectivity index (χ2n) is 8.81. The Morgan fingerprint density at radius 2 is 1.97 bits per heavy atom. The molecule has 1 N–H and O–H groups in total. The third kappa shape index (κ3) is 4.32. The molecule has 13 nitrogen and oxygen atoms in total. The first-order chi connectivity index (χ1) is 18.1. The van der Waals surface area contributed by atoms with Crippen LogP contribution in [0.15, 0.2) is 45.8 Å². The van der Waals surface area contributed by atoms with Crippen molar-refractivity contribution in [2.75, 3.05) is 46.7 Å². The van der Waals surface area contributed by atoms with E-state index in [4.69, 9.17) is 18.6 Å². The van der Waals surface area contributed by atoms with E-state index in [9.17, 15) is 9.59 Å². The SMILES string of the molecule is COCCn1nnnc1[C@H](c1cc2cc3c(cc2[nH]c1=O)OCO3)N1CCN(C(=O)c2ccco2)CC1. The van der Waals surface area contributed by atoms with Gasteiger partial charge in [-0.15, -0.1) is 5.10 Å². The van der Waals surface area contributed by atoms with Crippen LogP contribution in [0.4, 0.5) is 0 Å². The lowest BCUT2D eigenvalue weighted by Crippen LogP contribution is -2.50. The summed E-state index contributed by atoms with van der Waals surface area (Å²) in [6.45, 7) is 2.91. The van der Waals surface area contributed by atoms with Gasteiger partial charge in [-0.3, -0.25) is 14.5 Å². The summed E-state index contributed by atoms with van der Waals surface area (Å²) in [6.07, 6.45) is 1.48. The number of pyridine rings is 1. The second kappa shape index (κ2) is 9.67. The molecule has 37 heavy (non-hydrogen) atoms. The number of benzene rings is 1. The van der Waals surface area contributed by atoms with Crippen LogP contribution in [-0.2, 0) is 11.3 Å². The molecule has 13 heteroatoms. The normalized spacial score (nSPS) is 16.4. The Balaban J connectivity index is 1.36. The summed E-state index contributed by atoms with van der Waals surface area (Å²) < 4.78 is 23.1. The third-order valence-electron chi connectivity index (χ3n) is 6.67. The highest BCUT2D eigenvalue weighted by Crippen LogP contribution is 2.36. The minimum absolute atomic E-state index is 0.140. The molecule has 1 amide bonds. The molecular formula is C24H25N7O6. The van der Waals surface area contributed by atoms with Crippen molar-refractivity contribution in [2.24, 2.45) is 0 Å². The van der Waals surface area contributed by atoms with Gasteiger partial charge < -0.3 is 28.5 Å². The fourth-order valence-corrected chi connectivity index (χ4v) is 4.80. The van der Waals surface area contributed by atoms with E-state index < -0.39 is 6.04 Å². The molecule has 1 fully saturated rings. The highest BCUT2D eigenvalue weighted by molar-refractivity contribution is 5.91. The number of nitrogens with zero attached hydrogens (tertiary/aromatic N) is 6. The number of nitrogens with one attached hydrogen (secondary N) is 1. The van der Waals surface area contributed by atoms with Gasteiger partial charge in [0.1, 0.15) is 6.04 Å². The fraction of sp³-hybridized carbons (Fsp3) is 0.375. The molecule has 0 radical (unpaired) electrons. The minimum atomic E-state index is -0.550. The molecule has 1 atom stereocenters. The number of amides is 1. The Hall–Kier alpha value is -4.23. The number of furan rings is 1. The molecule has 0 aliphatic carbocycles.